The number of rotatable bonds is 6. The van der Waals surface area contributed by atoms with Crippen LogP contribution in [0.25, 0.3) is 21.7 Å². The van der Waals surface area contributed by atoms with Gasteiger partial charge < -0.3 is 10.1 Å². The first-order valence-corrected chi connectivity index (χ1v) is 11.6. The number of ether oxygens (including phenoxy) is 1. The van der Waals surface area contributed by atoms with Crippen LogP contribution in [0, 0.1) is 0 Å². The molecule has 1 amide bonds. The summed E-state index contributed by atoms with van der Waals surface area (Å²) >= 11 is 12.1. The van der Waals surface area contributed by atoms with Gasteiger partial charge in [0.1, 0.15) is 5.75 Å². The maximum Gasteiger partial charge on any atom is 0.262 e. The van der Waals surface area contributed by atoms with Crippen molar-refractivity contribution >= 4 is 56.5 Å². The number of halogens is 2. The van der Waals surface area contributed by atoms with Gasteiger partial charge in [0.05, 0.1) is 33.8 Å². The number of carbonyl (C=O) groups is 1. The van der Waals surface area contributed by atoms with Gasteiger partial charge >= 0.3 is 0 Å². The number of nitrogens with one attached hydrogen (secondary N) is 1. The zero-order chi connectivity index (χ0) is 24.4. The molecule has 0 saturated heterocycles. The minimum absolute atomic E-state index is 0.162. The molecule has 0 aliphatic carbocycles. The second-order valence-corrected chi connectivity index (χ2v) is 8.82. The van der Waals surface area contributed by atoms with Crippen LogP contribution in [0.1, 0.15) is 5.56 Å². The Labute approximate surface area is 210 Å². The average Bonchev–Trinajstić information content (AvgIpc) is 2.87. The van der Waals surface area contributed by atoms with E-state index < -0.39 is 0 Å². The molecular formula is C27H19Cl2N3O3. The Kier molecular flexibility index (Phi) is 6.40. The number of hydrogen-bond acceptors (Lipinski definition) is 4. The van der Waals surface area contributed by atoms with E-state index >= 15 is 0 Å². The summed E-state index contributed by atoms with van der Waals surface area (Å²) in [4.78, 5) is 29.9. The third-order valence-corrected chi connectivity index (χ3v) is 6.27. The topological polar surface area (TPSA) is 73.2 Å². The SMILES string of the molecule is O=C(COc1ccc2ccccc2c1)Nc1ccc2ncn(Cc3ccc(Cl)c(Cl)c3)c(=O)c2c1. The van der Waals surface area contributed by atoms with Crippen molar-refractivity contribution in [3.63, 3.8) is 0 Å². The molecule has 0 saturated carbocycles. The predicted octanol–water partition coefficient (Wildman–Crippen LogP) is 5.92. The van der Waals surface area contributed by atoms with Crippen LogP contribution in [0.5, 0.6) is 5.75 Å². The molecular weight excluding hydrogens is 485 g/mol. The summed E-state index contributed by atoms with van der Waals surface area (Å²) in [6.45, 7) is 0.125. The third-order valence-electron chi connectivity index (χ3n) is 5.54. The van der Waals surface area contributed by atoms with Crippen molar-refractivity contribution in [3.05, 3.63) is 111 Å². The molecule has 5 aromatic rings. The summed E-state index contributed by atoms with van der Waals surface area (Å²) in [7, 11) is 0. The molecule has 0 bridgehead atoms. The lowest BCUT2D eigenvalue weighted by Gasteiger charge is -2.10. The molecule has 0 aliphatic heterocycles. The van der Waals surface area contributed by atoms with Crippen LogP contribution >= 0.6 is 23.2 Å². The first-order chi connectivity index (χ1) is 17.0. The number of carbonyl (C=O) groups excluding carboxylic acids is 1. The van der Waals surface area contributed by atoms with Crippen molar-refractivity contribution in [1.29, 1.82) is 0 Å². The van der Waals surface area contributed by atoms with Gasteiger partial charge in [-0.15, -0.1) is 0 Å². The van der Waals surface area contributed by atoms with E-state index in [1.807, 2.05) is 42.5 Å². The fourth-order valence-electron chi connectivity index (χ4n) is 3.79. The van der Waals surface area contributed by atoms with Gasteiger partial charge in [-0.1, -0.05) is 59.6 Å². The summed E-state index contributed by atoms with van der Waals surface area (Å²) in [5.74, 6) is 0.268. The molecule has 0 unspecified atom stereocenters. The summed E-state index contributed by atoms with van der Waals surface area (Å²) in [6, 6.07) is 23.8. The van der Waals surface area contributed by atoms with Gasteiger partial charge in [0.2, 0.25) is 0 Å². The molecule has 1 heterocycles. The maximum atomic E-state index is 13.1. The van der Waals surface area contributed by atoms with Crippen LogP contribution in [-0.2, 0) is 11.3 Å². The lowest BCUT2D eigenvalue weighted by atomic mass is 10.1. The van der Waals surface area contributed by atoms with Gasteiger partial charge in [0.15, 0.2) is 6.61 Å². The smallest absolute Gasteiger partial charge is 0.262 e. The van der Waals surface area contributed by atoms with Crippen LogP contribution in [0.2, 0.25) is 10.0 Å². The van der Waals surface area contributed by atoms with E-state index in [0.717, 1.165) is 16.3 Å². The Bertz CT molecular complexity index is 1630. The van der Waals surface area contributed by atoms with Crippen molar-refractivity contribution in [2.24, 2.45) is 0 Å². The maximum absolute atomic E-state index is 13.1. The first kappa shape index (κ1) is 22.9. The van der Waals surface area contributed by atoms with Gasteiger partial charge in [-0.05, 0) is 58.8 Å². The second-order valence-electron chi connectivity index (χ2n) is 8.00. The highest BCUT2D eigenvalue weighted by Crippen LogP contribution is 2.23. The molecule has 174 valence electrons. The molecule has 0 fully saturated rings. The number of hydrogen-bond donors (Lipinski definition) is 1. The highest BCUT2D eigenvalue weighted by atomic mass is 35.5. The minimum Gasteiger partial charge on any atom is -0.484 e. The zero-order valence-electron chi connectivity index (χ0n) is 18.4. The average molecular weight is 504 g/mol. The first-order valence-electron chi connectivity index (χ1n) is 10.8. The Hall–Kier alpha value is -3.87. The molecule has 0 radical (unpaired) electrons. The van der Waals surface area contributed by atoms with Crippen LogP contribution in [0.3, 0.4) is 0 Å². The summed E-state index contributed by atoms with van der Waals surface area (Å²) in [6.07, 6.45) is 1.49. The van der Waals surface area contributed by atoms with Crippen molar-refractivity contribution in [1.82, 2.24) is 9.55 Å². The van der Waals surface area contributed by atoms with Gasteiger partial charge in [-0.3, -0.25) is 14.2 Å². The van der Waals surface area contributed by atoms with Crippen molar-refractivity contribution in [2.45, 2.75) is 6.54 Å². The monoisotopic (exact) mass is 503 g/mol. The Morgan fingerprint density at radius 2 is 1.74 bits per heavy atom. The van der Waals surface area contributed by atoms with E-state index in [0.29, 0.717) is 32.4 Å². The van der Waals surface area contributed by atoms with Gasteiger partial charge in [-0.25, -0.2) is 4.98 Å². The fourth-order valence-corrected chi connectivity index (χ4v) is 4.11. The quantitative estimate of drug-likeness (QED) is 0.312. The molecule has 1 aromatic heterocycles. The van der Waals surface area contributed by atoms with E-state index in [4.69, 9.17) is 27.9 Å². The number of fused-ring (bicyclic) bond motifs is 2. The lowest BCUT2D eigenvalue weighted by Crippen LogP contribution is -2.22. The molecule has 4 aromatic carbocycles. The molecule has 0 spiro atoms. The summed E-state index contributed by atoms with van der Waals surface area (Å²) in [5.41, 5.74) is 1.60. The number of anilines is 1. The van der Waals surface area contributed by atoms with Crippen LogP contribution in [0.15, 0.2) is 90.0 Å². The third kappa shape index (κ3) is 5.14. The normalized spacial score (nSPS) is 11.0. The number of nitrogens with zero attached hydrogens (tertiary/aromatic N) is 2. The standard InChI is InChI=1S/C27H19Cl2N3O3/c28-23-9-5-17(11-24(23)29)14-32-16-30-25-10-7-20(13-22(25)27(32)34)31-26(33)15-35-21-8-6-18-3-1-2-4-19(18)12-21/h1-13,16H,14-15H2,(H,31,33). The molecule has 35 heavy (non-hydrogen) atoms. The van der Waals surface area contributed by atoms with Crippen molar-refractivity contribution in [2.75, 3.05) is 11.9 Å². The number of aromatic nitrogens is 2. The molecule has 1 N–H and O–H groups in total. The second kappa shape index (κ2) is 9.78. The van der Waals surface area contributed by atoms with Crippen molar-refractivity contribution < 1.29 is 9.53 Å². The van der Waals surface area contributed by atoms with E-state index in [2.05, 4.69) is 10.3 Å². The molecule has 0 atom stereocenters. The van der Waals surface area contributed by atoms with E-state index in [1.54, 1.807) is 36.4 Å². The van der Waals surface area contributed by atoms with E-state index in [9.17, 15) is 9.59 Å². The van der Waals surface area contributed by atoms with E-state index in [1.165, 1.54) is 10.9 Å². The van der Waals surface area contributed by atoms with Crippen LogP contribution in [0.4, 0.5) is 5.69 Å². The number of amides is 1. The van der Waals surface area contributed by atoms with Crippen LogP contribution in [-0.4, -0.2) is 22.1 Å². The van der Waals surface area contributed by atoms with Gasteiger partial charge in [-0.2, -0.15) is 0 Å². The highest BCUT2D eigenvalue weighted by molar-refractivity contribution is 6.42. The summed E-state index contributed by atoms with van der Waals surface area (Å²) < 4.78 is 7.13. The minimum atomic E-state index is -0.336. The molecule has 6 nitrogen and oxygen atoms in total. The van der Waals surface area contributed by atoms with Gasteiger partial charge in [0.25, 0.3) is 11.5 Å². The van der Waals surface area contributed by atoms with E-state index in [-0.39, 0.29) is 24.6 Å². The largest absolute Gasteiger partial charge is 0.484 e. The Morgan fingerprint density at radius 3 is 2.57 bits per heavy atom. The fraction of sp³-hybridized carbons (Fsp3) is 0.0741. The Balaban J connectivity index is 1.30. The molecule has 0 aliphatic rings. The van der Waals surface area contributed by atoms with Crippen molar-refractivity contribution in [3.8, 4) is 5.75 Å². The summed E-state index contributed by atoms with van der Waals surface area (Å²) in [5, 5.41) is 6.16. The van der Waals surface area contributed by atoms with Crippen LogP contribution < -0.4 is 15.6 Å². The van der Waals surface area contributed by atoms with Gasteiger partial charge in [0, 0.05) is 5.69 Å². The predicted molar refractivity (Wildman–Crippen MR) is 140 cm³/mol. The Morgan fingerprint density at radius 1 is 0.914 bits per heavy atom. The molecule has 8 heteroatoms. The zero-order valence-corrected chi connectivity index (χ0v) is 19.9. The molecule has 5 rings (SSSR count). The number of benzene rings is 4. The lowest BCUT2D eigenvalue weighted by molar-refractivity contribution is -0.118. The highest BCUT2D eigenvalue weighted by Gasteiger charge is 2.10.